The lowest BCUT2D eigenvalue weighted by molar-refractivity contribution is -0.132. The molecule has 2 aromatic carbocycles. The van der Waals surface area contributed by atoms with E-state index in [0.717, 1.165) is 0 Å². The SMILES string of the molecule is COc1ccc(N2C(=O)C(=O)/C(=C(/O)c3cc(Cl)cc(Cl)c3OC)C2c2ccc(C)o2)cc1. The van der Waals surface area contributed by atoms with Crippen LogP contribution in [0.25, 0.3) is 5.76 Å². The molecule has 0 spiro atoms. The number of furan rings is 1. The first-order chi connectivity index (χ1) is 15.8. The van der Waals surface area contributed by atoms with E-state index in [4.69, 9.17) is 37.1 Å². The number of nitrogens with zero attached hydrogens (tertiary/aromatic N) is 1. The summed E-state index contributed by atoms with van der Waals surface area (Å²) >= 11 is 12.4. The predicted molar refractivity (Wildman–Crippen MR) is 124 cm³/mol. The maximum atomic E-state index is 13.2. The number of ether oxygens (including phenoxy) is 2. The van der Waals surface area contributed by atoms with Crippen molar-refractivity contribution in [1.82, 2.24) is 0 Å². The van der Waals surface area contributed by atoms with Crippen LogP contribution in [0.15, 0.2) is 58.5 Å². The Balaban J connectivity index is 1.97. The molecule has 1 N–H and O–H groups in total. The van der Waals surface area contributed by atoms with Crippen LogP contribution in [0.5, 0.6) is 11.5 Å². The number of amides is 1. The number of methoxy groups -OCH3 is 2. The highest BCUT2D eigenvalue weighted by molar-refractivity contribution is 6.51. The Morgan fingerprint density at radius 2 is 1.73 bits per heavy atom. The van der Waals surface area contributed by atoms with Gasteiger partial charge in [0, 0.05) is 10.7 Å². The summed E-state index contributed by atoms with van der Waals surface area (Å²) in [6.07, 6.45) is 0. The molecule has 170 valence electrons. The van der Waals surface area contributed by atoms with E-state index in [9.17, 15) is 14.7 Å². The summed E-state index contributed by atoms with van der Waals surface area (Å²) in [5, 5.41) is 11.6. The molecule has 1 unspecified atom stereocenters. The molecule has 1 saturated heterocycles. The number of halogens is 2. The molecule has 1 atom stereocenters. The van der Waals surface area contributed by atoms with Gasteiger partial charge in [-0.15, -0.1) is 0 Å². The number of carbonyl (C=O) groups is 2. The quantitative estimate of drug-likeness (QED) is 0.288. The molecule has 4 rings (SSSR count). The average Bonchev–Trinajstić information content (AvgIpc) is 3.33. The highest BCUT2D eigenvalue weighted by Gasteiger charge is 2.48. The summed E-state index contributed by atoms with van der Waals surface area (Å²) in [6, 6.07) is 11.8. The maximum absolute atomic E-state index is 13.2. The van der Waals surface area contributed by atoms with Gasteiger partial charge in [-0.2, -0.15) is 0 Å². The lowest BCUT2D eigenvalue weighted by Gasteiger charge is -2.23. The van der Waals surface area contributed by atoms with E-state index in [2.05, 4.69) is 0 Å². The van der Waals surface area contributed by atoms with Crippen molar-refractivity contribution in [2.24, 2.45) is 0 Å². The number of aliphatic hydroxyl groups is 1. The Morgan fingerprint density at radius 3 is 2.30 bits per heavy atom. The molecule has 7 nitrogen and oxygen atoms in total. The van der Waals surface area contributed by atoms with Gasteiger partial charge in [0.05, 0.1) is 30.4 Å². The molecule has 33 heavy (non-hydrogen) atoms. The normalized spacial score (nSPS) is 17.5. The van der Waals surface area contributed by atoms with E-state index in [0.29, 0.717) is 23.0 Å². The van der Waals surface area contributed by atoms with Gasteiger partial charge in [0.1, 0.15) is 34.8 Å². The third-order valence-electron chi connectivity index (χ3n) is 5.29. The van der Waals surface area contributed by atoms with Gasteiger partial charge in [-0.1, -0.05) is 23.2 Å². The van der Waals surface area contributed by atoms with E-state index in [-0.39, 0.29) is 26.9 Å². The van der Waals surface area contributed by atoms with Gasteiger partial charge < -0.3 is 19.0 Å². The fourth-order valence-electron chi connectivity index (χ4n) is 3.80. The molecular weight excluding hydrogens is 469 g/mol. The van der Waals surface area contributed by atoms with Gasteiger partial charge in [0.25, 0.3) is 11.7 Å². The molecule has 0 aliphatic carbocycles. The zero-order valence-electron chi connectivity index (χ0n) is 17.9. The van der Waals surface area contributed by atoms with Gasteiger partial charge in [0.2, 0.25) is 0 Å². The highest BCUT2D eigenvalue weighted by atomic mass is 35.5. The summed E-state index contributed by atoms with van der Waals surface area (Å²) in [4.78, 5) is 27.6. The number of rotatable bonds is 5. The van der Waals surface area contributed by atoms with Gasteiger partial charge in [-0.25, -0.2) is 0 Å². The average molecular weight is 488 g/mol. The first-order valence-corrected chi connectivity index (χ1v) is 10.6. The second-order valence-electron chi connectivity index (χ2n) is 7.28. The molecule has 1 amide bonds. The van der Waals surface area contributed by atoms with E-state index in [1.807, 2.05) is 0 Å². The molecule has 0 radical (unpaired) electrons. The maximum Gasteiger partial charge on any atom is 0.300 e. The molecule has 0 saturated carbocycles. The molecule has 2 heterocycles. The molecule has 1 fully saturated rings. The minimum atomic E-state index is -1.03. The van der Waals surface area contributed by atoms with Crippen LogP contribution in [0.3, 0.4) is 0 Å². The fourth-order valence-corrected chi connectivity index (χ4v) is 4.37. The van der Waals surface area contributed by atoms with E-state index in [1.165, 1.54) is 31.3 Å². The molecule has 3 aromatic rings. The number of carbonyl (C=O) groups excluding carboxylic acids is 2. The number of aryl methyl sites for hydroxylation is 1. The number of aliphatic hydroxyl groups excluding tert-OH is 1. The molecular formula is C24H19Cl2NO6. The van der Waals surface area contributed by atoms with E-state index >= 15 is 0 Å². The van der Waals surface area contributed by atoms with Crippen LogP contribution in [-0.2, 0) is 9.59 Å². The second-order valence-corrected chi connectivity index (χ2v) is 8.13. The first-order valence-electron chi connectivity index (χ1n) is 9.81. The fraction of sp³-hybridized carbons (Fsp3) is 0.167. The third kappa shape index (κ3) is 3.94. The number of Topliss-reactive ketones (excluding diaryl/α,β-unsaturated/α-hetero) is 1. The Kier molecular flexibility index (Phi) is 6.10. The zero-order valence-corrected chi connectivity index (χ0v) is 19.4. The van der Waals surface area contributed by atoms with Crippen molar-refractivity contribution in [2.75, 3.05) is 19.1 Å². The molecule has 1 aliphatic heterocycles. The summed E-state index contributed by atoms with van der Waals surface area (Å²) in [5.41, 5.74) is 0.324. The number of hydrogen-bond donors (Lipinski definition) is 1. The van der Waals surface area contributed by atoms with Crippen LogP contribution >= 0.6 is 23.2 Å². The van der Waals surface area contributed by atoms with Gasteiger partial charge >= 0.3 is 0 Å². The Bertz CT molecular complexity index is 1280. The standard InChI is InChI=1S/C24H19Cl2NO6/c1-12-4-9-18(33-12)20-19(21(28)16-10-13(25)11-17(26)23(16)32-3)22(29)24(30)27(20)14-5-7-15(31-2)8-6-14/h4-11,20,28H,1-3H3/b21-19+. The number of anilines is 1. The highest BCUT2D eigenvalue weighted by Crippen LogP contribution is 2.45. The van der Waals surface area contributed by atoms with Crippen molar-refractivity contribution in [1.29, 1.82) is 0 Å². The Labute approximate surface area is 199 Å². The van der Waals surface area contributed by atoms with Crippen molar-refractivity contribution in [3.8, 4) is 11.5 Å². The first kappa shape index (κ1) is 22.8. The summed E-state index contributed by atoms with van der Waals surface area (Å²) in [7, 11) is 2.89. The van der Waals surface area contributed by atoms with Crippen molar-refractivity contribution >= 4 is 46.3 Å². The summed E-state index contributed by atoms with van der Waals surface area (Å²) in [5.74, 6) is -0.620. The van der Waals surface area contributed by atoms with Crippen molar-refractivity contribution in [3.05, 3.63) is 81.2 Å². The molecule has 1 aromatic heterocycles. The van der Waals surface area contributed by atoms with Crippen LogP contribution in [0.2, 0.25) is 10.0 Å². The van der Waals surface area contributed by atoms with E-state index < -0.39 is 23.5 Å². The van der Waals surface area contributed by atoms with Gasteiger partial charge in [0.15, 0.2) is 0 Å². The monoisotopic (exact) mass is 487 g/mol. The van der Waals surface area contributed by atoms with Crippen LogP contribution in [-0.4, -0.2) is 31.0 Å². The lowest BCUT2D eigenvalue weighted by Crippen LogP contribution is -2.29. The number of ketones is 1. The van der Waals surface area contributed by atoms with Gasteiger partial charge in [-0.05, 0) is 55.5 Å². The largest absolute Gasteiger partial charge is 0.507 e. The van der Waals surface area contributed by atoms with Crippen molar-refractivity contribution in [3.63, 3.8) is 0 Å². The number of benzene rings is 2. The molecule has 0 bridgehead atoms. The topological polar surface area (TPSA) is 89.2 Å². The minimum absolute atomic E-state index is 0.0796. The predicted octanol–water partition coefficient (Wildman–Crippen LogP) is 5.54. The molecule has 9 heteroatoms. The van der Waals surface area contributed by atoms with Crippen LogP contribution in [0, 0.1) is 6.92 Å². The minimum Gasteiger partial charge on any atom is -0.507 e. The Morgan fingerprint density at radius 1 is 1.03 bits per heavy atom. The summed E-state index contributed by atoms with van der Waals surface area (Å²) < 4.78 is 16.3. The second kappa shape index (κ2) is 8.84. The smallest absolute Gasteiger partial charge is 0.300 e. The lowest BCUT2D eigenvalue weighted by atomic mass is 9.98. The van der Waals surface area contributed by atoms with Crippen LogP contribution in [0.4, 0.5) is 5.69 Å². The van der Waals surface area contributed by atoms with Crippen molar-refractivity contribution in [2.45, 2.75) is 13.0 Å². The van der Waals surface area contributed by atoms with Crippen LogP contribution in [0.1, 0.15) is 23.1 Å². The van der Waals surface area contributed by atoms with Crippen molar-refractivity contribution < 1.29 is 28.6 Å². The van der Waals surface area contributed by atoms with Crippen LogP contribution < -0.4 is 14.4 Å². The number of hydrogen-bond acceptors (Lipinski definition) is 6. The summed E-state index contributed by atoms with van der Waals surface area (Å²) in [6.45, 7) is 1.74. The Hall–Kier alpha value is -3.42. The molecule has 1 aliphatic rings. The van der Waals surface area contributed by atoms with Gasteiger partial charge in [-0.3, -0.25) is 14.5 Å². The zero-order chi connectivity index (χ0) is 23.9. The third-order valence-corrected chi connectivity index (χ3v) is 5.79. The van der Waals surface area contributed by atoms with E-state index in [1.54, 1.807) is 43.3 Å².